The molecule has 0 aliphatic heterocycles. The normalized spacial score (nSPS) is 11.8. The van der Waals surface area contributed by atoms with E-state index in [1.54, 1.807) is 6.92 Å². The smallest absolute Gasteiger partial charge is 0.416 e. The molecule has 0 bridgehead atoms. The molecule has 0 saturated heterocycles. The molecule has 4 aromatic rings. The zero-order valence-corrected chi connectivity index (χ0v) is 14.9. The van der Waals surface area contributed by atoms with Gasteiger partial charge in [-0.15, -0.1) is 0 Å². The third-order valence-corrected chi connectivity index (χ3v) is 4.23. The maximum atomic E-state index is 13.7. The van der Waals surface area contributed by atoms with Gasteiger partial charge in [0.15, 0.2) is 5.82 Å². The second-order valence-electron chi connectivity index (χ2n) is 6.30. The molecule has 4 rings (SSSR count). The van der Waals surface area contributed by atoms with Gasteiger partial charge in [0, 0.05) is 11.8 Å². The Bertz CT molecular complexity index is 1200. The maximum Gasteiger partial charge on any atom is 0.416 e. The minimum absolute atomic E-state index is 0.106. The summed E-state index contributed by atoms with van der Waals surface area (Å²) in [7, 11) is 0. The molecular formula is C19H13F4N5O. The number of anilines is 2. The minimum Gasteiger partial charge on any atom is -0.619 e. The third kappa shape index (κ3) is 3.68. The molecule has 1 N–H and O–H groups in total. The Morgan fingerprint density at radius 2 is 1.76 bits per heavy atom. The molecule has 0 saturated carbocycles. The summed E-state index contributed by atoms with van der Waals surface area (Å²) in [5, 5.41) is 14.9. The lowest BCUT2D eigenvalue weighted by Crippen LogP contribution is -2.27. The fourth-order valence-corrected chi connectivity index (χ4v) is 2.97. The second-order valence-corrected chi connectivity index (χ2v) is 6.30. The minimum atomic E-state index is -4.44. The van der Waals surface area contributed by atoms with Gasteiger partial charge in [-0.05, 0) is 43.3 Å². The molecule has 0 unspecified atom stereocenters. The Morgan fingerprint density at radius 3 is 2.45 bits per heavy atom. The highest BCUT2D eigenvalue weighted by Crippen LogP contribution is 2.30. The number of hydrogen-bond acceptors (Lipinski definition) is 4. The maximum absolute atomic E-state index is 13.7. The van der Waals surface area contributed by atoms with E-state index in [1.807, 2.05) is 0 Å². The van der Waals surface area contributed by atoms with Crippen LogP contribution in [0.1, 0.15) is 11.4 Å². The van der Waals surface area contributed by atoms with Crippen LogP contribution in [0.4, 0.5) is 29.1 Å². The highest BCUT2D eigenvalue weighted by molar-refractivity contribution is 5.78. The second kappa shape index (κ2) is 6.73. The van der Waals surface area contributed by atoms with Crippen molar-refractivity contribution < 1.29 is 22.3 Å². The number of nitrogens with zero attached hydrogens (tertiary/aromatic N) is 4. The van der Waals surface area contributed by atoms with Crippen molar-refractivity contribution in [1.29, 1.82) is 0 Å². The van der Waals surface area contributed by atoms with Crippen LogP contribution < -0.4 is 10.0 Å². The Morgan fingerprint density at radius 1 is 1.03 bits per heavy atom. The van der Waals surface area contributed by atoms with Gasteiger partial charge in [-0.25, -0.2) is 14.4 Å². The average molecular weight is 403 g/mol. The van der Waals surface area contributed by atoms with Crippen LogP contribution in [0.3, 0.4) is 0 Å². The van der Waals surface area contributed by atoms with Crippen molar-refractivity contribution in [1.82, 2.24) is 14.5 Å². The molecule has 0 amide bonds. The summed E-state index contributed by atoms with van der Waals surface area (Å²) in [5.74, 6) is 0.315. The van der Waals surface area contributed by atoms with Crippen LogP contribution in [0.2, 0.25) is 0 Å². The Labute approximate surface area is 161 Å². The molecule has 0 aliphatic carbocycles. The number of halogens is 4. The topological polar surface area (TPSA) is 69.7 Å². The lowest BCUT2D eigenvalue weighted by molar-refractivity contribution is -0.604. The molecule has 6 nitrogen and oxygen atoms in total. The summed E-state index contributed by atoms with van der Waals surface area (Å²) in [4.78, 5) is 8.65. The first-order chi connectivity index (χ1) is 13.7. The average Bonchev–Trinajstić information content (AvgIpc) is 2.96. The number of benzene rings is 2. The largest absolute Gasteiger partial charge is 0.619 e. The highest BCUT2D eigenvalue weighted by atomic mass is 19.4. The van der Waals surface area contributed by atoms with Gasteiger partial charge in [-0.1, -0.05) is 0 Å². The van der Waals surface area contributed by atoms with Crippen molar-refractivity contribution in [3.05, 3.63) is 77.3 Å². The number of alkyl halides is 3. The summed E-state index contributed by atoms with van der Waals surface area (Å²) >= 11 is 0. The Balaban J connectivity index is 1.72. The lowest BCUT2D eigenvalue weighted by atomic mass is 10.2. The van der Waals surface area contributed by atoms with Gasteiger partial charge in [-0.2, -0.15) is 17.9 Å². The molecule has 0 radical (unpaired) electrons. The molecule has 2 aromatic carbocycles. The van der Waals surface area contributed by atoms with Gasteiger partial charge in [-0.3, -0.25) is 4.57 Å². The number of fused-ring (bicyclic) bond motifs is 1. The fourth-order valence-electron chi connectivity index (χ4n) is 2.97. The molecule has 2 heterocycles. The van der Waals surface area contributed by atoms with Gasteiger partial charge in [0.25, 0.3) is 0 Å². The van der Waals surface area contributed by atoms with Crippen LogP contribution in [-0.2, 0) is 6.18 Å². The molecule has 0 atom stereocenters. The van der Waals surface area contributed by atoms with Crippen LogP contribution in [0.25, 0.3) is 16.9 Å². The van der Waals surface area contributed by atoms with E-state index >= 15 is 0 Å². The molecule has 0 aliphatic rings. The molecule has 0 fully saturated rings. The van der Waals surface area contributed by atoms with E-state index < -0.39 is 17.6 Å². The molecule has 29 heavy (non-hydrogen) atoms. The van der Waals surface area contributed by atoms with Crippen molar-refractivity contribution in [2.45, 2.75) is 13.1 Å². The first-order valence-electron chi connectivity index (χ1n) is 8.41. The van der Waals surface area contributed by atoms with Crippen LogP contribution in [0.5, 0.6) is 0 Å². The summed E-state index contributed by atoms with van der Waals surface area (Å²) < 4.78 is 53.8. The highest BCUT2D eigenvalue weighted by Gasteiger charge is 2.30. The first kappa shape index (κ1) is 18.7. The zero-order chi connectivity index (χ0) is 20.8. The van der Waals surface area contributed by atoms with Crippen molar-refractivity contribution in [3.63, 3.8) is 0 Å². The van der Waals surface area contributed by atoms with Gasteiger partial charge in [0.2, 0.25) is 18.2 Å². The SMILES string of the molecule is Cc1nc2ccc(F)cc2n1-c1c[n+]([O-])cc(Nc2ccc(C(F)(F)F)cc2)n1. The van der Waals surface area contributed by atoms with Crippen molar-refractivity contribution in [2.75, 3.05) is 5.32 Å². The van der Waals surface area contributed by atoms with E-state index in [4.69, 9.17) is 0 Å². The summed E-state index contributed by atoms with van der Waals surface area (Å²) in [6.07, 6.45) is -2.11. The van der Waals surface area contributed by atoms with Crippen LogP contribution in [0, 0.1) is 17.9 Å². The first-order valence-corrected chi connectivity index (χ1v) is 8.41. The quantitative estimate of drug-likeness (QED) is 0.315. The predicted octanol–water partition coefficient (Wildman–Crippen LogP) is 4.26. The van der Waals surface area contributed by atoms with Crippen molar-refractivity contribution in [3.8, 4) is 5.82 Å². The number of nitrogens with one attached hydrogen (secondary N) is 1. The lowest BCUT2D eigenvalue weighted by Gasteiger charge is -2.11. The number of aromatic nitrogens is 4. The van der Waals surface area contributed by atoms with E-state index in [0.717, 1.165) is 18.3 Å². The van der Waals surface area contributed by atoms with Gasteiger partial charge < -0.3 is 10.5 Å². The van der Waals surface area contributed by atoms with E-state index in [2.05, 4.69) is 15.3 Å². The van der Waals surface area contributed by atoms with E-state index in [0.29, 0.717) is 27.3 Å². The fraction of sp³-hybridized carbons (Fsp3) is 0.105. The molecule has 148 valence electrons. The summed E-state index contributed by atoms with van der Waals surface area (Å²) in [6.45, 7) is 1.69. The van der Waals surface area contributed by atoms with Crippen LogP contribution in [-0.4, -0.2) is 14.5 Å². The molecular weight excluding hydrogens is 390 g/mol. The monoisotopic (exact) mass is 403 g/mol. The van der Waals surface area contributed by atoms with Gasteiger partial charge >= 0.3 is 6.18 Å². The standard InChI is InChI=1S/C19H13F4N5O/c1-11-24-15-7-4-13(20)8-16(15)28(11)18-10-27(29)9-17(26-18)25-14-5-2-12(3-6-14)19(21,22)23/h2-10H,1H3,(H,25,26). The summed E-state index contributed by atoms with van der Waals surface area (Å²) in [6, 6.07) is 8.40. The van der Waals surface area contributed by atoms with Gasteiger partial charge in [0.1, 0.15) is 11.6 Å². The van der Waals surface area contributed by atoms with E-state index in [1.165, 1.54) is 41.1 Å². The van der Waals surface area contributed by atoms with Crippen LogP contribution in [0.15, 0.2) is 54.9 Å². The Hall–Kier alpha value is -3.69. The summed E-state index contributed by atoms with van der Waals surface area (Å²) in [5.41, 5.74) is 0.498. The van der Waals surface area contributed by atoms with E-state index in [-0.39, 0.29) is 11.6 Å². The number of imidazole rings is 1. The van der Waals surface area contributed by atoms with E-state index in [9.17, 15) is 22.8 Å². The zero-order valence-electron chi connectivity index (χ0n) is 14.9. The number of hydrogen-bond donors (Lipinski definition) is 1. The third-order valence-electron chi connectivity index (χ3n) is 4.23. The van der Waals surface area contributed by atoms with Crippen molar-refractivity contribution >= 4 is 22.5 Å². The molecule has 2 aromatic heterocycles. The number of rotatable bonds is 3. The van der Waals surface area contributed by atoms with Gasteiger partial charge in [0.05, 0.1) is 16.6 Å². The van der Waals surface area contributed by atoms with Crippen molar-refractivity contribution in [2.24, 2.45) is 0 Å². The number of aryl methyl sites for hydroxylation is 1. The molecule has 10 heteroatoms. The molecule has 0 spiro atoms. The Kier molecular flexibility index (Phi) is 4.33. The predicted molar refractivity (Wildman–Crippen MR) is 97.2 cm³/mol. The van der Waals surface area contributed by atoms with Crippen LogP contribution >= 0.6 is 0 Å².